The van der Waals surface area contributed by atoms with Crippen LogP contribution in [0.5, 0.6) is 11.6 Å². The van der Waals surface area contributed by atoms with Crippen LogP contribution in [0.1, 0.15) is 6.55 Å². The fourth-order valence-electron chi connectivity index (χ4n) is 3.32. The fourth-order valence-corrected chi connectivity index (χ4v) is 5.86. The first-order valence-corrected chi connectivity index (χ1v) is 13.6. The van der Waals surface area contributed by atoms with Gasteiger partial charge in [0.1, 0.15) is 24.6 Å². The van der Waals surface area contributed by atoms with E-state index in [1.807, 2.05) is 5.32 Å². The van der Waals surface area contributed by atoms with Gasteiger partial charge in [-0.3, -0.25) is 4.31 Å². The van der Waals surface area contributed by atoms with Crippen molar-refractivity contribution < 1.29 is 63.3 Å². The monoisotopic (exact) mass is 608 g/mol. The lowest BCUT2D eigenvalue weighted by Gasteiger charge is -2.35. The van der Waals surface area contributed by atoms with Gasteiger partial charge in [-0.25, -0.2) is 26.2 Å². The molecule has 39 heavy (non-hydrogen) atoms. The number of benzene rings is 1. The molecule has 14 nitrogen and oxygen atoms in total. The highest BCUT2D eigenvalue weighted by molar-refractivity contribution is 7.93. The van der Waals surface area contributed by atoms with E-state index in [-0.39, 0.29) is 21.8 Å². The number of carbonyl (C=O) groups excluding carboxylic acids is 1. The molecule has 1 atom stereocenters. The van der Waals surface area contributed by atoms with Crippen molar-refractivity contribution in [1.29, 1.82) is 0 Å². The number of rotatable bonds is 11. The minimum Gasteiger partial charge on any atom is -0.530 e. The van der Waals surface area contributed by atoms with E-state index in [1.54, 1.807) is 4.72 Å². The van der Waals surface area contributed by atoms with E-state index in [4.69, 9.17) is 14.6 Å². The van der Waals surface area contributed by atoms with Crippen LogP contribution in [0.2, 0.25) is 0 Å². The zero-order valence-electron chi connectivity index (χ0n) is 19.3. The van der Waals surface area contributed by atoms with Gasteiger partial charge in [0.05, 0.1) is 25.0 Å². The molecule has 1 aliphatic heterocycles. The van der Waals surface area contributed by atoms with E-state index < -0.39 is 87.8 Å². The maximum Gasteiger partial charge on any atom is 0.404 e. The molecule has 3 rings (SSSR count). The van der Waals surface area contributed by atoms with Crippen molar-refractivity contribution in [3.8, 4) is 11.6 Å². The Morgan fingerprint density at radius 1 is 1.28 bits per heavy atom. The number of anilines is 2. The molecular formula is C18H19F5N5O9S2-. The van der Waals surface area contributed by atoms with Crippen LogP contribution in [0, 0.1) is 0 Å². The summed E-state index contributed by atoms with van der Waals surface area (Å²) in [4.78, 5) is 10.0. The minimum atomic E-state index is -5.07. The van der Waals surface area contributed by atoms with Gasteiger partial charge >= 0.3 is 12.7 Å². The van der Waals surface area contributed by atoms with Gasteiger partial charge in [0.2, 0.25) is 10.0 Å². The van der Waals surface area contributed by atoms with Gasteiger partial charge in [0.25, 0.3) is 15.9 Å². The summed E-state index contributed by atoms with van der Waals surface area (Å²) in [6, 6.07) is 3.16. The smallest absolute Gasteiger partial charge is 0.404 e. The number of halogens is 5. The number of ether oxygens (including phenoxy) is 2. The van der Waals surface area contributed by atoms with Crippen molar-refractivity contribution >= 4 is 37.5 Å². The van der Waals surface area contributed by atoms with Gasteiger partial charge in [0, 0.05) is 12.2 Å². The Balaban J connectivity index is 2.04. The second-order valence-corrected chi connectivity index (χ2v) is 11.4. The molecular weight excluding hydrogens is 589 g/mol. The standard InChI is InChI=1S/C18H20F5N5O9S2/c19-16(20)27-8-14(15(26-27)36-4-3-29)39(34,35)28-7-11(6-24-38(32,33)9-18(21,22)23)37-13-2-1-10(5-12(13)28)25-17(30)31/h1-2,5,8,11,16,24-25,29H,3-4,6-7,9H2,(H,30,31)/p-1/t11-/m0/s1. The number of fused-ring (bicyclic) bond motifs is 1. The number of nitrogens with one attached hydrogen (secondary N) is 2. The lowest BCUT2D eigenvalue weighted by atomic mass is 10.2. The van der Waals surface area contributed by atoms with Gasteiger partial charge in [-0.1, -0.05) is 0 Å². The predicted octanol–water partition coefficient (Wildman–Crippen LogP) is -0.158. The molecule has 0 spiro atoms. The highest BCUT2D eigenvalue weighted by atomic mass is 32.2. The van der Waals surface area contributed by atoms with Crippen molar-refractivity contribution in [2.24, 2.45) is 0 Å². The van der Waals surface area contributed by atoms with Crippen LogP contribution in [-0.2, 0) is 20.0 Å². The fraction of sp³-hybridized carbons (Fsp3) is 0.444. The zero-order valence-corrected chi connectivity index (χ0v) is 20.9. The van der Waals surface area contributed by atoms with Crippen molar-refractivity contribution in [2.45, 2.75) is 23.7 Å². The van der Waals surface area contributed by atoms with E-state index >= 15 is 0 Å². The molecule has 1 aromatic carbocycles. The van der Waals surface area contributed by atoms with E-state index in [2.05, 4.69) is 5.10 Å². The number of amides is 1. The molecule has 2 aromatic rings. The predicted molar refractivity (Wildman–Crippen MR) is 118 cm³/mol. The number of carboxylic acid groups (broad SMARTS) is 1. The van der Waals surface area contributed by atoms with Crippen LogP contribution in [0.3, 0.4) is 0 Å². The maximum atomic E-state index is 13.6. The highest BCUT2D eigenvalue weighted by Crippen LogP contribution is 2.40. The summed E-state index contributed by atoms with van der Waals surface area (Å²) < 4.78 is 128. The molecule has 1 aliphatic rings. The lowest BCUT2D eigenvalue weighted by molar-refractivity contribution is -0.242. The lowest BCUT2D eigenvalue weighted by Crippen LogP contribution is -2.49. The first kappa shape index (κ1) is 30.1. The molecule has 3 N–H and O–H groups in total. The number of hydrogen-bond acceptors (Lipinski definition) is 10. The third kappa shape index (κ3) is 7.58. The number of hydrogen-bond donors (Lipinski definition) is 3. The number of aliphatic hydroxyl groups excluding tert-OH is 1. The topological polar surface area (TPSA) is 192 Å². The Hall–Kier alpha value is -3.43. The molecule has 0 saturated carbocycles. The Kier molecular flexibility index (Phi) is 8.77. The normalized spacial score (nSPS) is 16.1. The molecule has 0 radical (unpaired) electrons. The Labute approximate surface area is 217 Å². The molecule has 1 amide bonds. The van der Waals surface area contributed by atoms with Crippen molar-refractivity contribution in [3.63, 3.8) is 0 Å². The Morgan fingerprint density at radius 2 is 1.97 bits per heavy atom. The van der Waals surface area contributed by atoms with Crippen molar-refractivity contribution in [3.05, 3.63) is 24.4 Å². The first-order valence-electron chi connectivity index (χ1n) is 10.5. The largest absolute Gasteiger partial charge is 0.530 e. The average Bonchev–Trinajstić information content (AvgIpc) is 3.24. The molecule has 218 valence electrons. The molecule has 21 heteroatoms. The van der Waals surface area contributed by atoms with Gasteiger partial charge < -0.3 is 29.8 Å². The van der Waals surface area contributed by atoms with Crippen molar-refractivity contribution in [1.82, 2.24) is 14.5 Å². The van der Waals surface area contributed by atoms with Crippen molar-refractivity contribution in [2.75, 3.05) is 41.7 Å². The molecule has 0 bridgehead atoms. The van der Waals surface area contributed by atoms with Crippen LogP contribution in [0.4, 0.5) is 38.1 Å². The van der Waals surface area contributed by atoms with Crippen LogP contribution in [0.15, 0.2) is 29.3 Å². The second-order valence-electron chi connectivity index (χ2n) is 7.72. The van der Waals surface area contributed by atoms with Crippen LogP contribution >= 0.6 is 0 Å². The van der Waals surface area contributed by atoms with E-state index in [1.165, 1.54) is 0 Å². The Morgan fingerprint density at radius 3 is 2.56 bits per heavy atom. The van der Waals surface area contributed by atoms with Crippen LogP contribution in [-0.4, -0.2) is 82.2 Å². The number of aromatic nitrogens is 2. The quantitative estimate of drug-likeness (QED) is 0.289. The Bertz CT molecular complexity index is 1420. The van der Waals surface area contributed by atoms with Crippen LogP contribution in [0.25, 0.3) is 0 Å². The van der Waals surface area contributed by atoms with Gasteiger partial charge in [-0.05, 0) is 18.2 Å². The van der Waals surface area contributed by atoms with Gasteiger partial charge in [0.15, 0.2) is 10.6 Å². The maximum absolute atomic E-state index is 13.6. The molecule has 2 heterocycles. The summed E-state index contributed by atoms with van der Waals surface area (Å²) in [7, 11) is -9.84. The summed E-state index contributed by atoms with van der Waals surface area (Å²) in [6.45, 7) is -6.10. The highest BCUT2D eigenvalue weighted by Gasteiger charge is 2.40. The van der Waals surface area contributed by atoms with E-state index in [0.717, 1.165) is 18.2 Å². The molecule has 0 unspecified atom stereocenters. The number of nitrogens with zero attached hydrogens (tertiary/aromatic N) is 3. The zero-order chi connectivity index (χ0) is 29.2. The SMILES string of the molecule is O=C([O-])Nc1ccc2c(c1)N(S(=O)(=O)c1cn(C(F)F)nc1OCCO)C[C@H](CNS(=O)(=O)CC(F)(F)F)O2. The number of sulfonamides is 2. The third-order valence-corrected chi connectivity index (χ3v) is 7.86. The third-order valence-electron chi connectivity index (χ3n) is 4.79. The number of carbonyl (C=O) groups is 1. The summed E-state index contributed by atoms with van der Waals surface area (Å²) in [5, 5.41) is 25.1. The summed E-state index contributed by atoms with van der Waals surface area (Å²) in [5.74, 6) is -3.33. The number of alkyl halides is 5. The molecule has 0 saturated heterocycles. The second kappa shape index (κ2) is 11.4. The minimum absolute atomic E-state index is 0.0439. The van der Waals surface area contributed by atoms with Gasteiger partial charge in [-0.2, -0.15) is 22.0 Å². The average molecular weight is 609 g/mol. The summed E-state index contributed by atoms with van der Waals surface area (Å²) in [5.41, 5.74) is -0.560. The first-order chi connectivity index (χ1) is 18.0. The summed E-state index contributed by atoms with van der Waals surface area (Å²) in [6.07, 6.45) is -7.86. The number of aliphatic hydroxyl groups is 1. The summed E-state index contributed by atoms with van der Waals surface area (Å²) >= 11 is 0. The molecule has 0 aliphatic carbocycles. The molecule has 1 aromatic heterocycles. The van der Waals surface area contributed by atoms with Crippen LogP contribution < -0.4 is 28.9 Å². The van der Waals surface area contributed by atoms with E-state index in [9.17, 15) is 48.7 Å². The molecule has 0 fully saturated rings. The van der Waals surface area contributed by atoms with Gasteiger partial charge in [-0.15, -0.1) is 5.10 Å². The van der Waals surface area contributed by atoms with E-state index in [0.29, 0.717) is 10.5 Å².